The molecular formula is C18H23ClN2O. The second-order valence-corrected chi connectivity index (χ2v) is 5.80. The Morgan fingerprint density at radius 1 is 1.05 bits per heavy atom. The Morgan fingerprint density at radius 2 is 1.59 bits per heavy atom. The Kier molecular flexibility index (Phi) is 6.15. The average Bonchev–Trinajstić information content (AvgIpc) is 2.48. The van der Waals surface area contributed by atoms with Gasteiger partial charge in [-0.2, -0.15) is 0 Å². The van der Waals surface area contributed by atoms with E-state index in [-0.39, 0.29) is 18.3 Å². The molecule has 1 amide bonds. The van der Waals surface area contributed by atoms with Gasteiger partial charge in [0.1, 0.15) is 5.54 Å². The minimum absolute atomic E-state index is 0. The van der Waals surface area contributed by atoms with Gasteiger partial charge in [-0.15, -0.1) is 12.4 Å². The van der Waals surface area contributed by atoms with Crippen LogP contribution in [0.5, 0.6) is 0 Å². The van der Waals surface area contributed by atoms with E-state index in [2.05, 4.69) is 19.2 Å². The van der Waals surface area contributed by atoms with E-state index < -0.39 is 5.54 Å². The number of hydrogen-bond donors (Lipinski definition) is 2. The van der Waals surface area contributed by atoms with Crippen LogP contribution in [0.3, 0.4) is 0 Å². The van der Waals surface area contributed by atoms with Crippen LogP contribution >= 0.6 is 12.4 Å². The highest BCUT2D eigenvalue weighted by molar-refractivity contribution is 5.98. The molecule has 2 aromatic rings. The van der Waals surface area contributed by atoms with E-state index in [0.717, 1.165) is 11.3 Å². The maximum atomic E-state index is 12.4. The maximum Gasteiger partial charge on any atom is 0.248 e. The Labute approximate surface area is 138 Å². The molecule has 118 valence electrons. The van der Waals surface area contributed by atoms with Crippen molar-refractivity contribution in [2.75, 3.05) is 5.32 Å². The second kappa shape index (κ2) is 7.43. The molecule has 0 spiro atoms. The van der Waals surface area contributed by atoms with Gasteiger partial charge in [0.05, 0.1) is 0 Å². The molecule has 0 radical (unpaired) electrons. The van der Waals surface area contributed by atoms with Crippen molar-refractivity contribution >= 4 is 24.0 Å². The van der Waals surface area contributed by atoms with Crippen molar-refractivity contribution in [1.29, 1.82) is 0 Å². The van der Waals surface area contributed by atoms with E-state index in [0.29, 0.717) is 5.92 Å². The molecule has 1 unspecified atom stereocenters. The first-order valence-corrected chi connectivity index (χ1v) is 7.17. The Balaban J connectivity index is 0.00000242. The number of nitrogens with one attached hydrogen (secondary N) is 1. The number of hydrogen-bond acceptors (Lipinski definition) is 2. The number of benzene rings is 2. The number of halogens is 1. The normalized spacial score (nSPS) is 13.1. The van der Waals surface area contributed by atoms with Gasteiger partial charge in [-0.25, -0.2) is 0 Å². The van der Waals surface area contributed by atoms with E-state index >= 15 is 0 Å². The van der Waals surface area contributed by atoms with Crippen molar-refractivity contribution in [3.63, 3.8) is 0 Å². The van der Waals surface area contributed by atoms with Crippen LogP contribution in [-0.4, -0.2) is 5.91 Å². The predicted molar refractivity (Wildman–Crippen MR) is 94.4 cm³/mol. The lowest BCUT2D eigenvalue weighted by Crippen LogP contribution is -2.45. The van der Waals surface area contributed by atoms with Gasteiger partial charge >= 0.3 is 0 Å². The Hall–Kier alpha value is -1.84. The van der Waals surface area contributed by atoms with Gasteiger partial charge in [0.25, 0.3) is 0 Å². The standard InChI is InChI=1S/C18H22N2O.ClH/c1-13(2)14-9-11-16(12-10-14)20-17(21)18(3,19)15-7-5-4-6-8-15;/h4-13H,19H2,1-3H3,(H,20,21);1H. The van der Waals surface area contributed by atoms with Crippen LogP contribution in [0.25, 0.3) is 0 Å². The number of rotatable bonds is 4. The summed E-state index contributed by atoms with van der Waals surface area (Å²) < 4.78 is 0. The second-order valence-electron chi connectivity index (χ2n) is 5.80. The van der Waals surface area contributed by atoms with Crippen molar-refractivity contribution < 1.29 is 4.79 Å². The molecule has 2 rings (SSSR count). The zero-order valence-corrected chi connectivity index (χ0v) is 14.0. The molecule has 1 atom stereocenters. The predicted octanol–water partition coefficient (Wildman–Crippen LogP) is 4.04. The zero-order valence-electron chi connectivity index (χ0n) is 13.2. The summed E-state index contributed by atoms with van der Waals surface area (Å²) in [7, 11) is 0. The zero-order chi connectivity index (χ0) is 15.5. The molecule has 0 heterocycles. The number of nitrogens with two attached hydrogens (primary N) is 1. The first kappa shape index (κ1) is 18.2. The molecule has 0 saturated heterocycles. The highest BCUT2D eigenvalue weighted by Crippen LogP contribution is 2.21. The number of anilines is 1. The number of carbonyl (C=O) groups is 1. The lowest BCUT2D eigenvalue weighted by Gasteiger charge is -2.24. The first-order chi connectivity index (χ1) is 9.91. The molecule has 0 bridgehead atoms. The summed E-state index contributed by atoms with van der Waals surface area (Å²) in [6.45, 7) is 6.00. The van der Waals surface area contributed by atoms with E-state index in [1.807, 2.05) is 54.6 Å². The molecule has 0 fully saturated rings. The van der Waals surface area contributed by atoms with Gasteiger partial charge in [0.2, 0.25) is 5.91 Å². The molecule has 0 aliphatic heterocycles. The fraction of sp³-hybridized carbons (Fsp3) is 0.278. The number of amides is 1. The molecule has 4 heteroatoms. The minimum atomic E-state index is -1.06. The van der Waals surface area contributed by atoms with Crippen LogP contribution in [0.1, 0.15) is 37.8 Å². The quantitative estimate of drug-likeness (QED) is 0.893. The third-order valence-electron chi connectivity index (χ3n) is 3.68. The summed E-state index contributed by atoms with van der Waals surface area (Å²) >= 11 is 0. The summed E-state index contributed by atoms with van der Waals surface area (Å²) in [6, 6.07) is 17.3. The fourth-order valence-corrected chi connectivity index (χ4v) is 2.13. The van der Waals surface area contributed by atoms with Gasteiger partial charge in [-0.3, -0.25) is 4.79 Å². The van der Waals surface area contributed by atoms with Gasteiger partial charge in [-0.05, 0) is 36.1 Å². The lowest BCUT2D eigenvalue weighted by atomic mass is 9.92. The topological polar surface area (TPSA) is 55.1 Å². The van der Waals surface area contributed by atoms with Gasteiger partial charge in [0.15, 0.2) is 0 Å². The third-order valence-corrected chi connectivity index (χ3v) is 3.68. The summed E-state index contributed by atoms with van der Waals surface area (Å²) in [6.07, 6.45) is 0. The van der Waals surface area contributed by atoms with Crippen molar-refractivity contribution in [2.45, 2.75) is 32.2 Å². The van der Waals surface area contributed by atoms with Crippen molar-refractivity contribution in [2.24, 2.45) is 5.73 Å². The molecule has 0 aliphatic carbocycles. The van der Waals surface area contributed by atoms with E-state index in [1.54, 1.807) is 6.92 Å². The summed E-state index contributed by atoms with van der Waals surface area (Å²) in [5.74, 6) is 0.254. The van der Waals surface area contributed by atoms with E-state index in [4.69, 9.17) is 5.73 Å². The lowest BCUT2D eigenvalue weighted by molar-refractivity contribution is -0.120. The molecular weight excluding hydrogens is 296 g/mol. The van der Waals surface area contributed by atoms with Crippen LogP contribution in [0.4, 0.5) is 5.69 Å². The molecule has 0 aromatic heterocycles. The van der Waals surface area contributed by atoms with Crippen molar-refractivity contribution in [3.05, 3.63) is 65.7 Å². The van der Waals surface area contributed by atoms with Crippen LogP contribution in [0.2, 0.25) is 0 Å². The summed E-state index contributed by atoms with van der Waals surface area (Å²) in [5, 5.41) is 2.88. The van der Waals surface area contributed by atoms with Crippen molar-refractivity contribution in [1.82, 2.24) is 0 Å². The van der Waals surface area contributed by atoms with Gasteiger partial charge < -0.3 is 11.1 Å². The molecule has 3 nitrogen and oxygen atoms in total. The van der Waals surface area contributed by atoms with Gasteiger partial charge in [-0.1, -0.05) is 56.3 Å². The molecule has 0 aliphatic rings. The van der Waals surface area contributed by atoms with Crippen LogP contribution in [0.15, 0.2) is 54.6 Å². The van der Waals surface area contributed by atoms with E-state index in [9.17, 15) is 4.79 Å². The monoisotopic (exact) mass is 318 g/mol. The van der Waals surface area contributed by atoms with Crippen molar-refractivity contribution in [3.8, 4) is 0 Å². The Morgan fingerprint density at radius 3 is 2.09 bits per heavy atom. The molecule has 2 aromatic carbocycles. The van der Waals surface area contributed by atoms with Crippen LogP contribution in [0, 0.1) is 0 Å². The summed E-state index contributed by atoms with van der Waals surface area (Å²) in [5.41, 5.74) is 7.93. The van der Waals surface area contributed by atoms with Crippen LogP contribution in [-0.2, 0) is 10.3 Å². The minimum Gasteiger partial charge on any atom is -0.324 e. The third kappa shape index (κ3) is 4.09. The highest BCUT2D eigenvalue weighted by atomic mass is 35.5. The summed E-state index contributed by atoms with van der Waals surface area (Å²) in [4.78, 5) is 12.4. The Bertz CT molecular complexity index is 607. The molecule has 3 N–H and O–H groups in total. The SMILES string of the molecule is CC(C)c1ccc(NC(=O)C(C)(N)c2ccccc2)cc1.Cl. The van der Waals surface area contributed by atoms with Crippen LogP contribution < -0.4 is 11.1 Å². The van der Waals surface area contributed by atoms with Gasteiger partial charge in [0, 0.05) is 5.69 Å². The molecule has 22 heavy (non-hydrogen) atoms. The fourth-order valence-electron chi connectivity index (χ4n) is 2.13. The van der Waals surface area contributed by atoms with E-state index in [1.165, 1.54) is 5.56 Å². The largest absolute Gasteiger partial charge is 0.324 e. The maximum absolute atomic E-state index is 12.4. The highest BCUT2D eigenvalue weighted by Gasteiger charge is 2.30. The first-order valence-electron chi connectivity index (χ1n) is 7.17. The number of carbonyl (C=O) groups excluding carboxylic acids is 1. The average molecular weight is 319 g/mol. The smallest absolute Gasteiger partial charge is 0.248 e. The molecule has 0 saturated carbocycles.